The van der Waals surface area contributed by atoms with E-state index < -0.39 is 12.3 Å². The number of furan rings is 1. The highest BCUT2D eigenvalue weighted by Gasteiger charge is 2.42. The number of ketones is 1. The first-order chi connectivity index (χ1) is 17.8. The molecule has 7 nitrogen and oxygen atoms in total. The van der Waals surface area contributed by atoms with E-state index in [1.807, 2.05) is 12.1 Å². The number of hydrogen-bond donors (Lipinski definition) is 2. The van der Waals surface area contributed by atoms with Crippen LogP contribution in [0.1, 0.15) is 41.6 Å². The Balaban J connectivity index is 1.48. The highest BCUT2D eigenvalue weighted by molar-refractivity contribution is 6.01. The van der Waals surface area contributed by atoms with Gasteiger partial charge in [0.15, 0.2) is 5.78 Å². The fourth-order valence-corrected chi connectivity index (χ4v) is 5.17. The largest absolute Gasteiger partial charge is 0.573 e. The van der Waals surface area contributed by atoms with Crippen LogP contribution in [0.4, 0.5) is 19.0 Å². The van der Waals surface area contributed by atoms with Crippen LogP contribution in [-0.2, 0) is 4.79 Å². The Morgan fingerprint density at radius 3 is 2.38 bits per heavy atom. The molecule has 1 aliphatic heterocycles. The highest BCUT2D eigenvalue weighted by Crippen LogP contribution is 2.47. The van der Waals surface area contributed by atoms with E-state index in [4.69, 9.17) is 4.42 Å². The molecule has 37 heavy (non-hydrogen) atoms. The van der Waals surface area contributed by atoms with Crippen LogP contribution in [0, 0.1) is 0 Å². The zero-order valence-electron chi connectivity index (χ0n) is 19.2. The molecule has 2 atom stereocenters. The van der Waals surface area contributed by atoms with E-state index in [0.717, 1.165) is 0 Å². The van der Waals surface area contributed by atoms with E-state index in [1.54, 1.807) is 36.6 Å². The molecule has 0 radical (unpaired) electrons. The number of fused-ring (bicyclic) bond motifs is 1. The molecule has 0 saturated heterocycles. The van der Waals surface area contributed by atoms with E-state index in [2.05, 4.69) is 15.2 Å². The Morgan fingerprint density at radius 1 is 0.946 bits per heavy atom. The van der Waals surface area contributed by atoms with Crippen LogP contribution >= 0.6 is 0 Å². The molecular formula is C27H20F3N3O4. The third-order valence-electron chi connectivity index (χ3n) is 6.69. The number of rotatable bonds is 4. The summed E-state index contributed by atoms with van der Waals surface area (Å²) in [4.78, 5) is 27.2. The summed E-state index contributed by atoms with van der Waals surface area (Å²) in [6, 6.07) is 17.8. The number of Topliss-reactive ketones (excluding diaryl/α,β-unsaturated/α-hetero) is 1. The Bertz CT molecular complexity index is 1550. The number of benzene rings is 2. The number of nitrogens with zero attached hydrogens (tertiary/aromatic N) is 1. The third-order valence-corrected chi connectivity index (χ3v) is 6.69. The first-order valence-corrected chi connectivity index (χ1v) is 11.6. The van der Waals surface area contributed by atoms with Gasteiger partial charge in [-0.3, -0.25) is 14.7 Å². The number of nitrogens with one attached hydrogen (secondary N) is 2. The van der Waals surface area contributed by atoms with Crippen molar-refractivity contribution in [2.75, 3.05) is 5.32 Å². The summed E-state index contributed by atoms with van der Waals surface area (Å²) in [6.07, 6.45) is -2.62. The van der Waals surface area contributed by atoms with Crippen LogP contribution in [0.5, 0.6) is 5.75 Å². The fourth-order valence-electron chi connectivity index (χ4n) is 5.17. The number of carbonyl (C=O) groups is 1. The minimum atomic E-state index is -4.83. The van der Waals surface area contributed by atoms with Gasteiger partial charge in [0.1, 0.15) is 17.3 Å². The second-order valence-electron chi connectivity index (χ2n) is 8.99. The molecule has 2 aromatic heterocycles. The van der Waals surface area contributed by atoms with E-state index in [1.165, 1.54) is 28.9 Å². The quantitative estimate of drug-likeness (QED) is 0.375. The number of H-pyrrole nitrogens is 1. The molecule has 0 fully saturated rings. The van der Waals surface area contributed by atoms with Gasteiger partial charge in [0.2, 0.25) is 0 Å². The molecule has 0 bridgehead atoms. The number of anilines is 1. The normalized spacial score (nSPS) is 19.3. The van der Waals surface area contributed by atoms with E-state index in [0.29, 0.717) is 46.1 Å². The van der Waals surface area contributed by atoms with Gasteiger partial charge in [-0.25, -0.2) is 4.68 Å². The number of aromatic nitrogens is 2. The summed E-state index contributed by atoms with van der Waals surface area (Å²) in [5.41, 5.74) is 2.14. The molecule has 0 spiro atoms. The standard InChI is InChI=1S/C27H20F3N3O4/c28-27(29,30)37-18-10-8-15(9-11-18)22-23-19(13-16(14-20(23)34)21-7-4-12-36-21)31-25-24(22)26(35)33(32-25)17-5-2-1-3-6-17/h1-12,16,22,31-32H,13-14H2/t16-,22+/m0/s1. The van der Waals surface area contributed by atoms with Crippen molar-refractivity contribution in [1.82, 2.24) is 9.78 Å². The van der Waals surface area contributed by atoms with Crippen LogP contribution in [0.2, 0.25) is 0 Å². The summed E-state index contributed by atoms with van der Waals surface area (Å²) in [5.74, 6) is -0.378. The molecule has 2 aromatic carbocycles. The van der Waals surface area contributed by atoms with Gasteiger partial charge in [0.05, 0.1) is 17.5 Å². The zero-order chi connectivity index (χ0) is 25.7. The number of ether oxygens (including phenoxy) is 1. The predicted molar refractivity (Wildman–Crippen MR) is 128 cm³/mol. The van der Waals surface area contributed by atoms with Gasteiger partial charge in [-0.15, -0.1) is 13.2 Å². The molecular weight excluding hydrogens is 487 g/mol. The maximum atomic E-state index is 13.7. The van der Waals surface area contributed by atoms with Crippen LogP contribution in [-0.4, -0.2) is 21.9 Å². The molecule has 10 heteroatoms. The molecule has 0 unspecified atom stereocenters. The zero-order valence-corrected chi connectivity index (χ0v) is 19.2. The lowest BCUT2D eigenvalue weighted by Crippen LogP contribution is -2.32. The van der Waals surface area contributed by atoms with Crippen molar-refractivity contribution in [3.8, 4) is 11.4 Å². The summed E-state index contributed by atoms with van der Waals surface area (Å²) in [6.45, 7) is 0. The Morgan fingerprint density at radius 2 is 1.70 bits per heavy atom. The molecule has 2 N–H and O–H groups in total. The fraction of sp³-hybridized carbons (Fsp3) is 0.185. The monoisotopic (exact) mass is 507 g/mol. The van der Waals surface area contributed by atoms with Crippen LogP contribution in [0.3, 0.4) is 0 Å². The van der Waals surface area contributed by atoms with Crippen molar-refractivity contribution in [2.24, 2.45) is 0 Å². The minimum Gasteiger partial charge on any atom is -0.469 e. The molecule has 6 rings (SSSR count). The molecule has 0 amide bonds. The number of para-hydroxylation sites is 1. The SMILES string of the molecule is O=C1C[C@@H](c2ccco2)CC2=C1[C@@H](c1ccc(OC(F)(F)F)cc1)c1c([nH]n(-c3ccccc3)c1=O)N2. The number of aromatic amines is 1. The molecule has 2 aliphatic rings. The molecule has 188 valence electrons. The minimum absolute atomic E-state index is 0.159. The van der Waals surface area contributed by atoms with Crippen molar-refractivity contribution < 1.29 is 27.1 Å². The Labute approximate surface area is 208 Å². The first-order valence-electron chi connectivity index (χ1n) is 11.6. The van der Waals surface area contributed by atoms with Crippen molar-refractivity contribution in [3.63, 3.8) is 0 Å². The highest BCUT2D eigenvalue weighted by atomic mass is 19.4. The lowest BCUT2D eigenvalue weighted by atomic mass is 9.73. The van der Waals surface area contributed by atoms with E-state index >= 15 is 0 Å². The number of allylic oxidation sites excluding steroid dienone is 2. The average molecular weight is 507 g/mol. The van der Waals surface area contributed by atoms with Crippen molar-refractivity contribution in [1.29, 1.82) is 0 Å². The van der Waals surface area contributed by atoms with Crippen LogP contribution in [0.25, 0.3) is 5.69 Å². The predicted octanol–water partition coefficient (Wildman–Crippen LogP) is 5.62. The van der Waals surface area contributed by atoms with Crippen LogP contribution < -0.4 is 15.6 Å². The molecule has 0 saturated carbocycles. The van der Waals surface area contributed by atoms with Crippen molar-refractivity contribution in [3.05, 3.63) is 112 Å². The third kappa shape index (κ3) is 4.14. The number of hydrogen-bond acceptors (Lipinski definition) is 5. The maximum Gasteiger partial charge on any atom is 0.573 e. The molecule has 3 heterocycles. The lowest BCUT2D eigenvalue weighted by molar-refractivity contribution is -0.274. The Hall–Kier alpha value is -4.47. The van der Waals surface area contributed by atoms with E-state index in [9.17, 15) is 22.8 Å². The summed E-state index contributed by atoms with van der Waals surface area (Å²) < 4.78 is 49.0. The molecule has 1 aliphatic carbocycles. The molecule has 4 aromatic rings. The maximum absolute atomic E-state index is 13.7. The van der Waals surface area contributed by atoms with Crippen LogP contribution in [0.15, 0.2) is 93.5 Å². The smallest absolute Gasteiger partial charge is 0.469 e. The lowest BCUT2D eigenvalue weighted by Gasteiger charge is -2.33. The van der Waals surface area contributed by atoms with Gasteiger partial charge in [-0.2, -0.15) is 0 Å². The van der Waals surface area contributed by atoms with Crippen molar-refractivity contribution in [2.45, 2.75) is 31.0 Å². The number of carbonyl (C=O) groups excluding carboxylic acids is 1. The van der Waals surface area contributed by atoms with Gasteiger partial charge < -0.3 is 14.5 Å². The summed E-state index contributed by atoms with van der Waals surface area (Å²) >= 11 is 0. The second kappa shape index (κ2) is 8.58. The van der Waals surface area contributed by atoms with Gasteiger partial charge in [-0.1, -0.05) is 30.3 Å². The first kappa shape index (κ1) is 23.0. The van der Waals surface area contributed by atoms with Crippen molar-refractivity contribution >= 4 is 11.6 Å². The van der Waals surface area contributed by atoms with Gasteiger partial charge in [0.25, 0.3) is 5.56 Å². The second-order valence-corrected chi connectivity index (χ2v) is 8.99. The summed E-state index contributed by atoms with van der Waals surface area (Å²) in [5, 5.41) is 6.37. The number of alkyl halides is 3. The Kier molecular flexibility index (Phi) is 5.32. The van der Waals surface area contributed by atoms with Gasteiger partial charge in [-0.05, 0) is 48.4 Å². The summed E-state index contributed by atoms with van der Waals surface area (Å²) in [7, 11) is 0. The average Bonchev–Trinajstić information content (AvgIpc) is 3.52. The number of halogens is 3. The van der Waals surface area contributed by atoms with Gasteiger partial charge >= 0.3 is 6.36 Å². The topological polar surface area (TPSA) is 89.3 Å². The van der Waals surface area contributed by atoms with E-state index in [-0.39, 0.29) is 29.4 Å². The van der Waals surface area contributed by atoms with Gasteiger partial charge in [0, 0.05) is 29.5 Å².